The van der Waals surface area contributed by atoms with Crippen LogP contribution >= 0.6 is 15.9 Å². The third kappa shape index (κ3) is 4.22. The summed E-state index contributed by atoms with van der Waals surface area (Å²) in [4.78, 5) is 29.6. The monoisotopic (exact) mass is 440 g/mol. The molecule has 0 aliphatic heterocycles. The van der Waals surface area contributed by atoms with Crippen LogP contribution in [0.25, 0.3) is 10.9 Å². The summed E-state index contributed by atoms with van der Waals surface area (Å²) < 4.78 is 6.09. The first-order chi connectivity index (χ1) is 13.4. The SMILES string of the molecule is CCc1nc2ccccc2c(C(=O)OCC(=O)Nc2ccc(C)cc2Br)c1C. The lowest BCUT2D eigenvalue weighted by atomic mass is 10.0. The summed E-state index contributed by atoms with van der Waals surface area (Å²) in [6, 6.07) is 13.0. The highest BCUT2D eigenvalue weighted by atomic mass is 79.9. The van der Waals surface area contributed by atoms with Crippen LogP contribution in [0.2, 0.25) is 0 Å². The number of para-hydroxylation sites is 1. The van der Waals surface area contributed by atoms with Gasteiger partial charge in [-0.25, -0.2) is 4.79 Å². The van der Waals surface area contributed by atoms with Gasteiger partial charge in [-0.3, -0.25) is 9.78 Å². The number of carbonyl (C=O) groups is 2. The number of aromatic nitrogens is 1. The van der Waals surface area contributed by atoms with Gasteiger partial charge < -0.3 is 10.1 Å². The fourth-order valence-electron chi connectivity index (χ4n) is 3.08. The van der Waals surface area contributed by atoms with Crippen molar-refractivity contribution in [3.8, 4) is 0 Å². The van der Waals surface area contributed by atoms with Crippen molar-refractivity contribution in [1.29, 1.82) is 0 Å². The third-order valence-corrected chi connectivity index (χ3v) is 5.16. The molecule has 1 amide bonds. The van der Waals surface area contributed by atoms with E-state index in [0.717, 1.165) is 32.2 Å². The number of fused-ring (bicyclic) bond motifs is 1. The van der Waals surface area contributed by atoms with Gasteiger partial charge in [-0.05, 0) is 65.5 Å². The standard InChI is InChI=1S/C22H21BrN2O3/c1-4-17-14(3)21(15-7-5-6-8-18(15)24-17)22(27)28-12-20(26)25-19-10-9-13(2)11-16(19)23/h5-11H,4,12H2,1-3H3,(H,25,26). The maximum absolute atomic E-state index is 12.8. The van der Waals surface area contributed by atoms with E-state index in [1.807, 2.05) is 57.2 Å². The molecule has 1 heterocycles. The number of pyridine rings is 1. The Balaban J connectivity index is 1.78. The Morgan fingerprint density at radius 2 is 1.89 bits per heavy atom. The molecule has 0 bridgehead atoms. The highest BCUT2D eigenvalue weighted by molar-refractivity contribution is 9.10. The maximum atomic E-state index is 12.8. The molecule has 0 saturated carbocycles. The molecule has 6 heteroatoms. The number of aryl methyl sites for hydroxylation is 2. The predicted molar refractivity (Wildman–Crippen MR) is 114 cm³/mol. The van der Waals surface area contributed by atoms with Crippen molar-refractivity contribution in [2.75, 3.05) is 11.9 Å². The highest BCUT2D eigenvalue weighted by Gasteiger charge is 2.19. The molecule has 0 fully saturated rings. The van der Waals surface area contributed by atoms with Crippen LogP contribution in [-0.4, -0.2) is 23.5 Å². The minimum atomic E-state index is -0.524. The number of nitrogens with zero attached hydrogens (tertiary/aromatic N) is 1. The van der Waals surface area contributed by atoms with Gasteiger partial charge >= 0.3 is 5.97 Å². The molecule has 1 aromatic heterocycles. The number of rotatable bonds is 5. The fourth-order valence-corrected chi connectivity index (χ4v) is 3.67. The van der Waals surface area contributed by atoms with E-state index in [2.05, 4.69) is 26.2 Å². The molecule has 2 aromatic carbocycles. The Kier molecular flexibility index (Phi) is 6.09. The summed E-state index contributed by atoms with van der Waals surface area (Å²) in [7, 11) is 0. The Morgan fingerprint density at radius 1 is 1.14 bits per heavy atom. The Morgan fingerprint density at radius 3 is 2.61 bits per heavy atom. The Hall–Kier alpha value is -2.73. The molecule has 0 aliphatic rings. The maximum Gasteiger partial charge on any atom is 0.339 e. The predicted octanol–water partition coefficient (Wildman–Crippen LogP) is 4.97. The second-order valence-electron chi connectivity index (χ2n) is 6.54. The minimum absolute atomic E-state index is 0.364. The van der Waals surface area contributed by atoms with Gasteiger partial charge in [-0.15, -0.1) is 0 Å². The van der Waals surface area contributed by atoms with Crippen molar-refractivity contribution in [3.63, 3.8) is 0 Å². The van der Waals surface area contributed by atoms with E-state index >= 15 is 0 Å². The lowest BCUT2D eigenvalue weighted by Gasteiger charge is -2.13. The zero-order valence-electron chi connectivity index (χ0n) is 16.0. The average Bonchev–Trinajstić information content (AvgIpc) is 2.68. The van der Waals surface area contributed by atoms with Crippen molar-refractivity contribution in [2.24, 2.45) is 0 Å². The molecule has 5 nitrogen and oxygen atoms in total. The summed E-state index contributed by atoms with van der Waals surface area (Å²) in [6.45, 7) is 5.45. The quantitative estimate of drug-likeness (QED) is 0.568. The molecule has 28 heavy (non-hydrogen) atoms. The van der Waals surface area contributed by atoms with Gasteiger partial charge in [0.2, 0.25) is 0 Å². The van der Waals surface area contributed by atoms with E-state index in [9.17, 15) is 9.59 Å². The lowest BCUT2D eigenvalue weighted by molar-refractivity contribution is -0.119. The van der Waals surface area contributed by atoms with Gasteiger partial charge in [-0.2, -0.15) is 0 Å². The second kappa shape index (κ2) is 8.52. The normalized spacial score (nSPS) is 10.7. The molecular weight excluding hydrogens is 420 g/mol. The van der Waals surface area contributed by atoms with Crippen LogP contribution in [0.4, 0.5) is 5.69 Å². The van der Waals surface area contributed by atoms with Crippen LogP contribution < -0.4 is 5.32 Å². The molecular formula is C22H21BrN2O3. The van der Waals surface area contributed by atoms with E-state index in [4.69, 9.17) is 4.74 Å². The number of carbonyl (C=O) groups excluding carboxylic acids is 2. The molecule has 0 radical (unpaired) electrons. The highest BCUT2D eigenvalue weighted by Crippen LogP contribution is 2.25. The smallest absolute Gasteiger partial charge is 0.339 e. The van der Waals surface area contributed by atoms with E-state index < -0.39 is 11.9 Å². The van der Waals surface area contributed by atoms with Crippen molar-refractivity contribution in [3.05, 3.63) is 69.3 Å². The first kappa shape index (κ1) is 20.0. The number of esters is 1. The zero-order chi connectivity index (χ0) is 20.3. The number of hydrogen-bond acceptors (Lipinski definition) is 4. The zero-order valence-corrected chi connectivity index (χ0v) is 17.6. The number of hydrogen-bond donors (Lipinski definition) is 1. The summed E-state index contributed by atoms with van der Waals surface area (Å²) in [6.07, 6.45) is 0.707. The van der Waals surface area contributed by atoms with Crippen LogP contribution in [0.3, 0.4) is 0 Å². The largest absolute Gasteiger partial charge is 0.452 e. The molecule has 0 saturated heterocycles. The van der Waals surface area contributed by atoms with Crippen molar-refractivity contribution < 1.29 is 14.3 Å². The number of halogens is 1. The lowest BCUT2D eigenvalue weighted by Crippen LogP contribution is -2.22. The number of anilines is 1. The summed E-state index contributed by atoms with van der Waals surface area (Å²) in [5, 5.41) is 3.47. The van der Waals surface area contributed by atoms with Crippen molar-refractivity contribution in [1.82, 2.24) is 4.98 Å². The topological polar surface area (TPSA) is 68.3 Å². The molecule has 0 unspecified atom stereocenters. The first-order valence-corrected chi connectivity index (χ1v) is 9.81. The van der Waals surface area contributed by atoms with Crippen LogP contribution in [0.15, 0.2) is 46.9 Å². The first-order valence-electron chi connectivity index (χ1n) is 9.02. The number of benzene rings is 2. The van der Waals surface area contributed by atoms with Crippen LogP contribution in [0.5, 0.6) is 0 Å². The van der Waals surface area contributed by atoms with Gasteiger partial charge in [0.05, 0.1) is 16.8 Å². The van der Waals surface area contributed by atoms with Gasteiger partial charge in [-0.1, -0.05) is 31.2 Å². The summed E-state index contributed by atoms with van der Waals surface area (Å²) in [5.41, 5.74) is 4.54. The number of nitrogens with one attached hydrogen (secondary N) is 1. The summed E-state index contributed by atoms with van der Waals surface area (Å²) >= 11 is 3.42. The molecule has 3 aromatic rings. The van der Waals surface area contributed by atoms with Crippen molar-refractivity contribution >= 4 is 44.4 Å². The molecule has 3 rings (SSSR count). The van der Waals surface area contributed by atoms with E-state index in [1.54, 1.807) is 6.07 Å². The van der Waals surface area contributed by atoms with Gasteiger partial charge in [0.25, 0.3) is 5.91 Å². The van der Waals surface area contributed by atoms with Gasteiger partial charge in [0.15, 0.2) is 6.61 Å². The molecule has 1 N–H and O–H groups in total. The molecule has 144 valence electrons. The Bertz CT molecular complexity index is 1060. The van der Waals surface area contributed by atoms with Crippen LogP contribution in [-0.2, 0) is 16.0 Å². The van der Waals surface area contributed by atoms with E-state index in [-0.39, 0.29) is 6.61 Å². The fraction of sp³-hybridized carbons (Fsp3) is 0.227. The van der Waals surface area contributed by atoms with E-state index in [0.29, 0.717) is 17.7 Å². The van der Waals surface area contributed by atoms with Crippen LogP contribution in [0.1, 0.15) is 34.1 Å². The van der Waals surface area contributed by atoms with Gasteiger partial charge in [0.1, 0.15) is 0 Å². The number of amides is 1. The molecule has 0 spiro atoms. The average molecular weight is 441 g/mol. The molecule has 0 atom stereocenters. The molecule has 0 aliphatic carbocycles. The van der Waals surface area contributed by atoms with E-state index in [1.165, 1.54) is 0 Å². The number of ether oxygens (including phenoxy) is 1. The van der Waals surface area contributed by atoms with Gasteiger partial charge in [0, 0.05) is 15.6 Å². The third-order valence-electron chi connectivity index (χ3n) is 4.51. The second-order valence-corrected chi connectivity index (χ2v) is 7.39. The van der Waals surface area contributed by atoms with Crippen LogP contribution in [0, 0.1) is 13.8 Å². The summed E-state index contributed by atoms with van der Waals surface area (Å²) in [5.74, 6) is -0.923. The van der Waals surface area contributed by atoms with Crippen molar-refractivity contribution in [2.45, 2.75) is 27.2 Å². The Labute approximate surface area is 172 Å². The minimum Gasteiger partial charge on any atom is -0.452 e.